The van der Waals surface area contributed by atoms with Crippen LogP contribution in [0.25, 0.3) is 0 Å². The minimum atomic E-state index is -0.816. The van der Waals surface area contributed by atoms with Crippen molar-refractivity contribution in [3.63, 3.8) is 0 Å². The average Bonchev–Trinajstić information content (AvgIpc) is 3.12. The molecule has 4 rings (SSSR count). The third-order valence-corrected chi connectivity index (χ3v) is 6.28. The van der Waals surface area contributed by atoms with Crippen molar-refractivity contribution in [1.82, 2.24) is 9.80 Å². The van der Waals surface area contributed by atoms with Crippen LogP contribution >= 0.6 is 0 Å². The molecule has 0 radical (unpaired) electrons. The van der Waals surface area contributed by atoms with Crippen molar-refractivity contribution < 1.29 is 19.4 Å². The van der Waals surface area contributed by atoms with Gasteiger partial charge in [-0.2, -0.15) is 0 Å². The first-order chi connectivity index (χ1) is 12.6. The van der Waals surface area contributed by atoms with Gasteiger partial charge in [0.05, 0.1) is 18.8 Å². The lowest BCUT2D eigenvalue weighted by atomic mass is 9.71. The zero-order chi connectivity index (χ0) is 18.1. The number of carboxylic acid groups (broad SMARTS) is 1. The molecule has 1 aliphatic carbocycles. The summed E-state index contributed by atoms with van der Waals surface area (Å²) >= 11 is 0. The molecule has 1 aromatic carbocycles. The fourth-order valence-corrected chi connectivity index (χ4v) is 5.04. The molecule has 1 aromatic rings. The molecule has 1 N–H and O–H groups in total. The molecular formula is C20H26N2O4. The number of carbonyl (C=O) groups excluding carboxylic acids is 1. The zero-order valence-electron chi connectivity index (χ0n) is 15.0. The molecule has 0 unspecified atom stereocenters. The summed E-state index contributed by atoms with van der Waals surface area (Å²) < 4.78 is 5.40. The highest BCUT2D eigenvalue weighted by molar-refractivity contribution is 6.01. The third-order valence-electron chi connectivity index (χ3n) is 6.28. The van der Waals surface area contributed by atoms with E-state index in [4.69, 9.17) is 4.74 Å². The van der Waals surface area contributed by atoms with Crippen LogP contribution in [-0.2, 0) is 9.53 Å². The Bertz CT molecular complexity index is 693. The molecule has 2 aliphatic heterocycles. The average molecular weight is 358 g/mol. The number of rotatable bonds is 4. The summed E-state index contributed by atoms with van der Waals surface area (Å²) in [6.45, 7) is 4.53. The maximum atomic E-state index is 13.3. The van der Waals surface area contributed by atoms with Gasteiger partial charge in [0.1, 0.15) is 5.92 Å². The standard InChI is InChI=1S/C20H26N2O4/c23-18-16-6-2-1-5-15(16)17(19(24)25)20(7-3-4-8-20)22(18)10-9-21-11-13-26-14-12-21/h1-2,5-6,17H,3-4,7-14H2,(H,24,25)/t17-/m0/s1. The summed E-state index contributed by atoms with van der Waals surface area (Å²) in [5.74, 6) is -1.46. The number of ether oxygens (including phenoxy) is 1. The van der Waals surface area contributed by atoms with Gasteiger partial charge >= 0.3 is 5.97 Å². The lowest BCUT2D eigenvalue weighted by molar-refractivity contribution is -0.143. The quantitative estimate of drug-likeness (QED) is 0.891. The number of amides is 1. The van der Waals surface area contributed by atoms with Gasteiger partial charge in [-0.05, 0) is 24.5 Å². The number of carbonyl (C=O) groups is 2. The minimum Gasteiger partial charge on any atom is -0.481 e. The Labute approximate surface area is 153 Å². The Balaban J connectivity index is 1.69. The summed E-state index contributed by atoms with van der Waals surface area (Å²) in [6.07, 6.45) is 3.50. The monoisotopic (exact) mass is 358 g/mol. The largest absolute Gasteiger partial charge is 0.481 e. The summed E-state index contributed by atoms with van der Waals surface area (Å²) in [7, 11) is 0. The van der Waals surface area contributed by atoms with E-state index in [1.54, 1.807) is 6.07 Å². The number of aliphatic carboxylic acids is 1. The summed E-state index contributed by atoms with van der Waals surface area (Å²) in [5.41, 5.74) is 0.665. The van der Waals surface area contributed by atoms with Gasteiger partial charge in [-0.25, -0.2) is 0 Å². The SMILES string of the molecule is O=C(O)[C@@H]1c2ccccc2C(=O)N(CCN2CCOCC2)C12CCCC2. The van der Waals surface area contributed by atoms with Crippen molar-refractivity contribution in [3.05, 3.63) is 35.4 Å². The fraction of sp³-hybridized carbons (Fsp3) is 0.600. The highest BCUT2D eigenvalue weighted by Crippen LogP contribution is 2.50. The van der Waals surface area contributed by atoms with Crippen LogP contribution in [0.15, 0.2) is 24.3 Å². The molecule has 0 aromatic heterocycles. The second-order valence-electron chi connectivity index (χ2n) is 7.58. The minimum absolute atomic E-state index is 0.00624. The van der Waals surface area contributed by atoms with E-state index in [1.165, 1.54) is 0 Å². The normalized spacial score (nSPS) is 25.5. The number of hydrogen-bond acceptors (Lipinski definition) is 4. The van der Waals surface area contributed by atoms with Crippen molar-refractivity contribution >= 4 is 11.9 Å². The molecule has 1 saturated carbocycles. The van der Waals surface area contributed by atoms with E-state index >= 15 is 0 Å². The van der Waals surface area contributed by atoms with E-state index in [1.807, 2.05) is 23.1 Å². The van der Waals surface area contributed by atoms with E-state index in [2.05, 4.69) is 4.90 Å². The van der Waals surface area contributed by atoms with E-state index in [-0.39, 0.29) is 5.91 Å². The van der Waals surface area contributed by atoms with Gasteiger partial charge < -0.3 is 14.7 Å². The van der Waals surface area contributed by atoms with Gasteiger partial charge in [-0.1, -0.05) is 31.0 Å². The van der Waals surface area contributed by atoms with Crippen molar-refractivity contribution in [1.29, 1.82) is 0 Å². The highest BCUT2D eigenvalue weighted by Gasteiger charge is 2.55. The van der Waals surface area contributed by atoms with Crippen molar-refractivity contribution in [2.75, 3.05) is 39.4 Å². The zero-order valence-corrected chi connectivity index (χ0v) is 15.0. The smallest absolute Gasteiger partial charge is 0.313 e. The van der Waals surface area contributed by atoms with Crippen LogP contribution < -0.4 is 0 Å². The van der Waals surface area contributed by atoms with Crippen LogP contribution in [-0.4, -0.2) is 71.7 Å². The number of morpholine rings is 1. The molecule has 140 valence electrons. The molecule has 2 heterocycles. The van der Waals surface area contributed by atoms with Crippen LogP contribution in [0.1, 0.15) is 47.5 Å². The summed E-state index contributed by atoms with van der Waals surface area (Å²) in [4.78, 5) is 29.8. The summed E-state index contributed by atoms with van der Waals surface area (Å²) in [6, 6.07) is 7.26. The van der Waals surface area contributed by atoms with Crippen molar-refractivity contribution in [3.8, 4) is 0 Å². The molecule has 6 heteroatoms. The van der Waals surface area contributed by atoms with E-state index < -0.39 is 17.4 Å². The van der Waals surface area contributed by atoms with Gasteiger partial charge in [0, 0.05) is 31.7 Å². The summed E-state index contributed by atoms with van der Waals surface area (Å²) in [5, 5.41) is 10.1. The molecule has 6 nitrogen and oxygen atoms in total. The Morgan fingerprint density at radius 1 is 1.15 bits per heavy atom. The molecule has 1 amide bonds. The number of benzene rings is 1. The molecule has 0 bridgehead atoms. The molecular weight excluding hydrogens is 332 g/mol. The third kappa shape index (κ3) is 2.81. The maximum absolute atomic E-state index is 13.3. The van der Waals surface area contributed by atoms with Gasteiger partial charge in [-0.15, -0.1) is 0 Å². The predicted molar refractivity (Wildman–Crippen MR) is 96.3 cm³/mol. The van der Waals surface area contributed by atoms with Crippen LogP contribution in [0.2, 0.25) is 0 Å². The number of nitrogens with zero attached hydrogens (tertiary/aromatic N) is 2. The Hall–Kier alpha value is -1.92. The van der Waals surface area contributed by atoms with Crippen molar-refractivity contribution in [2.24, 2.45) is 0 Å². The Morgan fingerprint density at radius 3 is 2.54 bits per heavy atom. The molecule has 1 atom stereocenters. The van der Waals surface area contributed by atoms with E-state index in [9.17, 15) is 14.7 Å². The van der Waals surface area contributed by atoms with E-state index in [0.29, 0.717) is 17.7 Å². The van der Waals surface area contributed by atoms with Crippen molar-refractivity contribution in [2.45, 2.75) is 37.1 Å². The van der Waals surface area contributed by atoms with Gasteiger partial charge in [0.25, 0.3) is 5.91 Å². The van der Waals surface area contributed by atoms with E-state index in [0.717, 1.165) is 58.5 Å². The molecule has 2 fully saturated rings. The number of fused-ring (bicyclic) bond motifs is 1. The molecule has 26 heavy (non-hydrogen) atoms. The lowest BCUT2D eigenvalue weighted by Gasteiger charge is -2.49. The van der Waals surface area contributed by atoms with Crippen LogP contribution in [0.3, 0.4) is 0 Å². The van der Waals surface area contributed by atoms with Crippen LogP contribution in [0.5, 0.6) is 0 Å². The molecule has 3 aliphatic rings. The number of carboxylic acids is 1. The predicted octanol–water partition coefficient (Wildman–Crippen LogP) is 1.96. The number of hydrogen-bond donors (Lipinski definition) is 1. The lowest BCUT2D eigenvalue weighted by Crippen LogP contribution is -2.60. The second-order valence-corrected chi connectivity index (χ2v) is 7.58. The molecule has 1 spiro atoms. The second kappa shape index (κ2) is 7.00. The van der Waals surface area contributed by atoms with Gasteiger partial charge in [0.15, 0.2) is 0 Å². The topological polar surface area (TPSA) is 70.1 Å². The fourth-order valence-electron chi connectivity index (χ4n) is 5.04. The Kier molecular flexibility index (Phi) is 4.71. The first-order valence-corrected chi connectivity index (χ1v) is 9.57. The first kappa shape index (κ1) is 17.5. The van der Waals surface area contributed by atoms with Gasteiger partial charge in [-0.3, -0.25) is 14.5 Å². The van der Waals surface area contributed by atoms with Crippen LogP contribution in [0.4, 0.5) is 0 Å². The Morgan fingerprint density at radius 2 is 1.85 bits per heavy atom. The maximum Gasteiger partial charge on any atom is 0.313 e. The highest BCUT2D eigenvalue weighted by atomic mass is 16.5. The van der Waals surface area contributed by atoms with Gasteiger partial charge in [0.2, 0.25) is 0 Å². The first-order valence-electron chi connectivity index (χ1n) is 9.57. The molecule has 1 saturated heterocycles. The van der Waals surface area contributed by atoms with Crippen LogP contribution in [0, 0.1) is 0 Å².